The number of halogens is 1. The van der Waals surface area contributed by atoms with Gasteiger partial charge in [-0.15, -0.1) is 0 Å². The molecule has 3 aromatic carbocycles. The van der Waals surface area contributed by atoms with Gasteiger partial charge in [-0.3, -0.25) is 9.59 Å². The molecular weight excluding hydrogens is 486 g/mol. The molecule has 0 spiro atoms. The van der Waals surface area contributed by atoms with Crippen LogP contribution in [0.25, 0.3) is 0 Å². The molecule has 0 saturated heterocycles. The Morgan fingerprint density at radius 2 is 1.76 bits per heavy atom. The highest BCUT2D eigenvalue weighted by Crippen LogP contribution is 2.27. The number of anilines is 1. The molecule has 2 N–H and O–H groups in total. The lowest BCUT2D eigenvalue weighted by Crippen LogP contribution is -2.21. The number of hydrogen-bond donors (Lipinski definition) is 2. The number of methoxy groups -OCH3 is 1. The molecule has 0 bridgehead atoms. The lowest BCUT2D eigenvalue weighted by molar-refractivity contribution is -0.118. The molecule has 3 rings (SSSR count). The van der Waals surface area contributed by atoms with Crippen LogP contribution in [0.1, 0.15) is 27.0 Å². The molecule has 0 radical (unpaired) electrons. The van der Waals surface area contributed by atoms with Crippen molar-refractivity contribution in [3.8, 4) is 11.5 Å². The first-order chi connectivity index (χ1) is 15.9. The maximum absolute atomic E-state index is 12.3. The van der Waals surface area contributed by atoms with Gasteiger partial charge in [0.05, 0.1) is 13.3 Å². The number of nitrogens with one attached hydrogen (secondary N) is 2. The van der Waals surface area contributed by atoms with E-state index >= 15 is 0 Å². The van der Waals surface area contributed by atoms with Gasteiger partial charge in [-0.2, -0.15) is 5.10 Å². The van der Waals surface area contributed by atoms with Crippen LogP contribution in [0.5, 0.6) is 11.5 Å². The molecule has 0 aromatic heterocycles. The van der Waals surface area contributed by atoms with Crippen molar-refractivity contribution in [1.82, 2.24) is 5.43 Å². The summed E-state index contributed by atoms with van der Waals surface area (Å²) in [5.41, 5.74) is 6.46. The van der Waals surface area contributed by atoms with E-state index in [-0.39, 0.29) is 18.4 Å². The van der Waals surface area contributed by atoms with E-state index in [0.717, 1.165) is 21.3 Å². The molecule has 0 fully saturated rings. The van der Waals surface area contributed by atoms with Crippen LogP contribution in [0.4, 0.5) is 5.69 Å². The van der Waals surface area contributed by atoms with Crippen LogP contribution in [0.15, 0.2) is 70.2 Å². The number of amides is 2. The number of benzene rings is 3. The summed E-state index contributed by atoms with van der Waals surface area (Å²) >= 11 is 3.33. The number of ether oxygens (including phenoxy) is 2. The Labute approximate surface area is 200 Å². The maximum atomic E-state index is 12.3. The van der Waals surface area contributed by atoms with Crippen LogP contribution in [0.2, 0.25) is 0 Å². The highest BCUT2D eigenvalue weighted by atomic mass is 79.9. The van der Waals surface area contributed by atoms with Gasteiger partial charge < -0.3 is 14.8 Å². The van der Waals surface area contributed by atoms with E-state index in [1.165, 1.54) is 13.3 Å². The van der Waals surface area contributed by atoms with E-state index in [9.17, 15) is 9.59 Å². The highest BCUT2D eigenvalue weighted by molar-refractivity contribution is 9.10. The van der Waals surface area contributed by atoms with Gasteiger partial charge in [0.1, 0.15) is 0 Å². The van der Waals surface area contributed by atoms with Crippen LogP contribution in [-0.4, -0.2) is 31.7 Å². The van der Waals surface area contributed by atoms with Gasteiger partial charge in [0, 0.05) is 15.7 Å². The Kier molecular flexibility index (Phi) is 8.21. The molecule has 0 heterocycles. The summed E-state index contributed by atoms with van der Waals surface area (Å²) in [5.74, 6) is 0.273. The zero-order valence-electron chi connectivity index (χ0n) is 18.5. The van der Waals surface area contributed by atoms with Gasteiger partial charge in [0.15, 0.2) is 18.1 Å². The Balaban J connectivity index is 1.58. The van der Waals surface area contributed by atoms with Gasteiger partial charge in [-0.05, 0) is 79.1 Å². The molecule has 170 valence electrons. The highest BCUT2D eigenvalue weighted by Gasteiger charge is 2.10. The van der Waals surface area contributed by atoms with Crippen molar-refractivity contribution in [3.05, 3.63) is 87.4 Å². The lowest BCUT2D eigenvalue weighted by atomic mass is 10.1. The fourth-order valence-corrected chi connectivity index (χ4v) is 3.18. The lowest BCUT2D eigenvalue weighted by Gasteiger charge is -2.12. The Morgan fingerprint density at radius 3 is 2.48 bits per heavy atom. The topological polar surface area (TPSA) is 89.0 Å². The summed E-state index contributed by atoms with van der Waals surface area (Å²) in [6.45, 7) is 3.73. The van der Waals surface area contributed by atoms with Crippen molar-refractivity contribution in [3.63, 3.8) is 0 Å². The number of carbonyl (C=O) groups excluding carboxylic acids is 2. The third-order valence-corrected chi connectivity index (χ3v) is 5.23. The SMILES string of the molecule is COc1cc(/C=N/NC(=O)c2ccc(Br)cc2)ccc1OCC(=O)Nc1cc(C)ccc1C. The second-order valence-electron chi connectivity index (χ2n) is 7.27. The zero-order chi connectivity index (χ0) is 23.8. The molecule has 0 aliphatic carbocycles. The van der Waals surface area contributed by atoms with Crippen molar-refractivity contribution in [1.29, 1.82) is 0 Å². The minimum atomic E-state index is -0.319. The predicted molar refractivity (Wildman–Crippen MR) is 132 cm³/mol. The van der Waals surface area contributed by atoms with Crippen LogP contribution < -0.4 is 20.2 Å². The van der Waals surface area contributed by atoms with Gasteiger partial charge >= 0.3 is 0 Å². The van der Waals surface area contributed by atoms with Crippen molar-refractivity contribution in [2.75, 3.05) is 19.0 Å². The number of carbonyl (C=O) groups is 2. The van der Waals surface area contributed by atoms with E-state index in [1.54, 1.807) is 42.5 Å². The Bertz CT molecular complexity index is 1180. The summed E-state index contributed by atoms with van der Waals surface area (Å²) in [7, 11) is 1.51. The van der Waals surface area contributed by atoms with Gasteiger partial charge in [-0.1, -0.05) is 28.1 Å². The molecule has 2 amide bonds. The monoisotopic (exact) mass is 509 g/mol. The average Bonchev–Trinajstić information content (AvgIpc) is 2.80. The first-order valence-corrected chi connectivity index (χ1v) is 10.9. The van der Waals surface area contributed by atoms with E-state index in [2.05, 4.69) is 31.8 Å². The molecule has 3 aromatic rings. The normalized spacial score (nSPS) is 10.7. The quantitative estimate of drug-likeness (QED) is 0.335. The molecule has 0 unspecified atom stereocenters. The minimum Gasteiger partial charge on any atom is -0.493 e. The van der Waals surface area contributed by atoms with Crippen LogP contribution >= 0.6 is 15.9 Å². The van der Waals surface area contributed by atoms with Crippen LogP contribution in [-0.2, 0) is 4.79 Å². The van der Waals surface area contributed by atoms with E-state index in [0.29, 0.717) is 22.6 Å². The first kappa shape index (κ1) is 24.0. The molecule has 33 heavy (non-hydrogen) atoms. The predicted octanol–water partition coefficient (Wildman–Crippen LogP) is 4.86. The Hall–Kier alpha value is -3.65. The molecule has 0 aliphatic heterocycles. The zero-order valence-corrected chi connectivity index (χ0v) is 20.1. The van der Waals surface area contributed by atoms with E-state index in [1.807, 2.05) is 32.0 Å². The number of hydrazone groups is 1. The second kappa shape index (κ2) is 11.3. The molecular formula is C25H24BrN3O4. The van der Waals surface area contributed by atoms with Crippen LogP contribution in [0.3, 0.4) is 0 Å². The van der Waals surface area contributed by atoms with Gasteiger partial charge in [0.25, 0.3) is 11.8 Å². The summed E-state index contributed by atoms with van der Waals surface area (Å²) in [6.07, 6.45) is 1.50. The van der Waals surface area contributed by atoms with Gasteiger partial charge in [-0.25, -0.2) is 5.43 Å². The number of aryl methyl sites for hydroxylation is 2. The van der Waals surface area contributed by atoms with Crippen molar-refractivity contribution in [2.45, 2.75) is 13.8 Å². The standard InChI is InChI=1S/C25H24BrN3O4/c1-16-4-5-17(2)21(12-16)28-24(30)15-33-22-11-6-18(13-23(22)32-3)14-27-29-25(31)19-7-9-20(26)10-8-19/h4-14H,15H2,1-3H3,(H,28,30)(H,29,31)/b27-14+. The fraction of sp³-hybridized carbons (Fsp3) is 0.160. The molecule has 0 aliphatic rings. The fourth-order valence-electron chi connectivity index (χ4n) is 2.92. The molecule has 0 atom stereocenters. The first-order valence-electron chi connectivity index (χ1n) is 10.1. The summed E-state index contributed by atoms with van der Waals surface area (Å²) < 4.78 is 11.9. The second-order valence-corrected chi connectivity index (χ2v) is 8.19. The van der Waals surface area contributed by atoms with Crippen molar-refractivity contribution >= 4 is 39.6 Å². The minimum absolute atomic E-state index is 0.166. The molecule has 7 nitrogen and oxygen atoms in total. The summed E-state index contributed by atoms with van der Waals surface area (Å²) in [4.78, 5) is 24.4. The van der Waals surface area contributed by atoms with E-state index in [4.69, 9.17) is 9.47 Å². The number of hydrogen-bond acceptors (Lipinski definition) is 5. The third-order valence-electron chi connectivity index (χ3n) is 4.70. The van der Waals surface area contributed by atoms with Crippen LogP contribution in [0, 0.1) is 13.8 Å². The maximum Gasteiger partial charge on any atom is 0.271 e. The average molecular weight is 510 g/mol. The largest absolute Gasteiger partial charge is 0.493 e. The molecule has 0 saturated carbocycles. The van der Waals surface area contributed by atoms with E-state index < -0.39 is 0 Å². The molecule has 8 heteroatoms. The smallest absolute Gasteiger partial charge is 0.271 e. The third kappa shape index (κ3) is 6.92. The number of rotatable bonds is 8. The van der Waals surface area contributed by atoms with Crippen molar-refractivity contribution in [2.24, 2.45) is 5.10 Å². The number of nitrogens with zero attached hydrogens (tertiary/aromatic N) is 1. The Morgan fingerprint density at radius 1 is 1.00 bits per heavy atom. The van der Waals surface area contributed by atoms with Gasteiger partial charge in [0.2, 0.25) is 0 Å². The summed E-state index contributed by atoms with van der Waals surface area (Å²) in [6, 6.07) is 17.9. The summed E-state index contributed by atoms with van der Waals surface area (Å²) in [5, 5.41) is 6.84. The van der Waals surface area contributed by atoms with Crippen molar-refractivity contribution < 1.29 is 19.1 Å².